The highest BCUT2D eigenvalue weighted by Crippen LogP contribution is 2.65. The molecule has 0 radical (unpaired) electrons. The van der Waals surface area contributed by atoms with Crippen LogP contribution in [0.2, 0.25) is 0 Å². The SMILES string of the molecule is CCCCCCCCCCC(=O)O[C@H]1CC[C@H]2[C@@H]3C[C@H](OO)C4=CC(=O)CC[C@]4(C)[C@H]3CC[C@]12C. The Kier molecular flexibility index (Phi) is 8.79. The van der Waals surface area contributed by atoms with Crippen molar-refractivity contribution in [2.45, 2.75) is 136 Å². The van der Waals surface area contributed by atoms with Gasteiger partial charge in [0.15, 0.2) is 5.78 Å². The van der Waals surface area contributed by atoms with Crippen LogP contribution >= 0.6 is 0 Å². The molecule has 0 aliphatic heterocycles. The fraction of sp³-hybridized carbons (Fsp3) is 0.867. The van der Waals surface area contributed by atoms with Gasteiger partial charge in [0.1, 0.15) is 12.2 Å². The standard InChI is InChI=1S/C30H48O5/c1-4-5-6-7-8-9-10-11-12-28(32)34-27-14-13-23-22-20-26(35-33)25-19-21(31)15-17-29(25,2)24(22)16-18-30(23,27)3/h19,22-24,26-27,33H,4-18,20H2,1-3H3/t22-,23-,24-,26-,27-,29+,30-/m0/s1. The molecule has 4 aliphatic carbocycles. The van der Waals surface area contributed by atoms with Crippen LogP contribution in [-0.4, -0.2) is 29.2 Å². The number of rotatable bonds is 11. The summed E-state index contributed by atoms with van der Waals surface area (Å²) >= 11 is 0. The van der Waals surface area contributed by atoms with E-state index in [9.17, 15) is 14.8 Å². The van der Waals surface area contributed by atoms with E-state index in [-0.39, 0.29) is 28.7 Å². The topological polar surface area (TPSA) is 72.8 Å². The Morgan fingerprint density at radius 3 is 2.43 bits per heavy atom. The van der Waals surface area contributed by atoms with Crippen molar-refractivity contribution >= 4 is 11.8 Å². The molecule has 3 fully saturated rings. The summed E-state index contributed by atoms with van der Waals surface area (Å²) in [5, 5.41) is 9.75. The van der Waals surface area contributed by atoms with Crippen molar-refractivity contribution in [1.29, 1.82) is 0 Å². The second-order valence-corrected chi connectivity index (χ2v) is 12.5. The van der Waals surface area contributed by atoms with Crippen molar-refractivity contribution in [1.82, 2.24) is 0 Å². The monoisotopic (exact) mass is 488 g/mol. The van der Waals surface area contributed by atoms with Crippen LogP contribution in [0.5, 0.6) is 0 Å². The average Bonchev–Trinajstić information content (AvgIpc) is 3.17. The van der Waals surface area contributed by atoms with Crippen LogP contribution < -0.4 is 0 Å². The maximum absolute atomic E-state index is 12.7. The van der Waals surface area contributed by atoms with Crippen LogP contribution in [0.25, 0.3) is 0 Å². The first-order valence-corrected chi connectivity index (χ1v) is 14.6. The second kappa shape index (κ2) is 11.5. The minimum Gasteiger partial charge on any atom is -0.462 e. The van der Waals surface area contributed by atoms with Crippen molar-refractivity contribution in [2.24, 2.45) is 28.6 Å². The fourth-order valence-electron chi connectivity index (χ4n) is 8.45. The van der Waals surface area contributed by atoms with Crippen LogP contribution in [0.4, 0.5) is 0 Å². The van der Waals surface area contributed by atoms with Gasteiger partial charge in [-0.3, -0.25) is 14.8 Å². The molecular formula is C30H48O5. The summed E-state index contributed by atoms with van der Waals surface area (Å²) in [6.07, 6.45) is 18.1. The molecule has 0 aromatic rings. The van der Waals surface area contributed by atoms with Crippen molar-refractivity contribution in [3.8, 4) is 0 Å². The van der Waals surface area contributed by atoms with Gasteiger partial charge in [-0.25, -0.2) is 4.89 Å². The highest BCUT2D eigenvalue weighted by atomic mass is 17.1. The molecule has 0 bridgehead atoms. The average molecular weight is 489 g/mol. The van der Waals surface area contributed by atoms with Gasteiger partial charge in [0, 0.05) is 18.3 Å². The number of carbonyl (C=O) groups is 2. The van der Waals surface area contributed by atoms with E-state index in [1.54, 1.807) is 6.08 Å². The zero-order valence-electron chi connectivity index (χ0n) is 22.4. The van der Waals surface area contributed by atoms with Gasteiger partial charge >= 0.3 is 5.97 Å². The summed E-state index contributed by atoms with van der Waals surface area (Å²) in [4.78, 5) is 29.9. The van der Waals surface area contributed by atoms with Crippen molar-refractivity contribution < 1.29 is 24.5 Å². The molecule has 198 valence electrons. The number of unbranched alkanes of at least 4 members (excludes halogenated alkanes) is 7. The van der Waals surface area contributed by atoms with Gasteiger partial charge < -0.3 is 4.74 Å². The van der Waals surface area contributed by atoms with E-state index in [1.807, 2.05) is 0 Å². The minimum absolute atomic E-state index is 0.00108. The van der Waals surface area contributed by atoms with Gasteiger partial charge in [-0.15, -0.1) is 0 Å². The van der Waals surface area contributed by atoms with Crippen molar-refractivity contribution in [3.63, 3.8) is 0 Å². The summed E-state index contributed by atoms with van der Waals surface area (Å²) < 4.78 is 6.15. The van der Waals surface area contributed by atoms with Crippen LogP contribution in [-0.2, 0) is 19.2 Å². The summed E-state index contributed by atoms with van der Waals surface area (Å²) in [6.45, 7) is 6.86. The van der Waals surface area contributed by atoms with Gasteiger partial charge in [-0.2, -0.15) is 0 Å². The first-order valence-electron chi connectivity index (χ1n) is 14.6. The third-order valence-electron chi connectivity index (χ3n) is 10.5. The Labute approximate surface area is 212 Å². The normalized spacial score (nSPS) is 38.3. The van der Waals surface area contributed by atoms with E-state index >= 15 is 0 Å². The molecule has 0 aromatic heterocycles. The zero-order chi connectivity index (χ0) is 25.1. The quantitative estimate of drug-likeness (QED) is 0.142. The molecule has 0 amide bonds. The maximum atomic E-state index is 12.7. The predicted octanol–water partition coefficient (Wildman–Crippen LogP) is 7.43. The molecule has 0 aromatic carbocycles. The van der Waals surface area contributed by atoms with Gasteiger partial charge in [0.25, 0.3) is 0 Å². The number of ketones is 1. The first-order chi connectivity index (χ1) is 16.8. The molecule has 35 heavy (non-hydrogen) atoms. The van der Waals surface area contributed by atoms with Crippen LogP contribution in [0.15, 0.2) is 11.6 Å². The fourth-order valence-corrected chi connectivity index (χ4v) is 8.45. The molecular weight excluding hydrogens is 440 g/mol. The molecule has 5 nitrogen and oxygen atoms in total. The van der Waals surface area contributed by atoms with Crippen molar-refractivity contribution in [3.05, 3.63) is 11.6 Å². The lowest BCUT2D eigenvalue weighted by molar-refractivity contribution is -0.285. The summed E-state index contributed by atoms with van der Waals surface area (Å²) in [5.41, 5.74) is 0.919. The Morgan fingerprint density at radius 1 is 1.00 bits per heavy atom. The molecule has 3 saturated carbocycles. The summed E-state index contributed by atoms with van der Waals surface area (Å²) in [7, 11) is 0. The predicted molar refractivity (Wildman–Crippen MR) is 137 cm³/mol. The minimum atomic E-state index is -0.392. The van der Waals surface area contributed by atoms with E-state index in [4.69, 9.17) is 9.62 Å². The van der Waals surface area contributed by atoms with Gasteiger partial charge in [-0.1, -0.05) is 65.7 Å². The smallest absolute Gasteiger partial charge is 0.306 e. The van der Waals surface area contributed by atoms with Gasteiger partial charge in [-0.05, 0) is 79.8 Å². The van der Waals surface area contributed by atoms with E-state index in [2.05, 4.69) is 20.8 Å². The summed E-state index contributed by atoms with van der Waals surface area (Å²) in [6, 6.07) is 0. The molecule has 4 rings (SSSR count). The highest BCUT2D eigenvalue weighted by Gasteiger charge is 2.61. The van der Waals surface area contributed by atoms with Crippen molar-refractivity contribution in [2.75, 3.05) is 0 Å². The molecule has 0 spiro atoms. The van der Waals surface area contributed by atoms with Crippen LogP contribution in [0.1, 0.15) is 124 Å². The molecule has 4 aliphatic rings. The Hall–Kier alpha value is -1.20. The number of carbonyl (C=O) groups excluding carboxylic acids is 2. The molecule has 5 heteroatoms. The third-order valence-corrected chi connectivity index (χ3v) is 10.5. The molecule has 7 atom stereocenters. The van der Waals surface area contributed by atoms with E-state index in [1.165, 1.54) is 38.5 Å². The number of hydrogen-bond donors (Lipinski definition) is 1. The zero-order valence-corrected chi connectivity index (χ0v) is 22.4. The van der Waals surface area contributed by atoms with Gasteiger partial charge in [0.05, 0.1) is 0 Å². The van der Waals surface area contributed by atoms with E-state index in [0.717, 1.165) is 56.9 Å². The van der Waals surface area contributed by atoms with Crippen LogP contribution in [0.3, 0.4) is 0 Å². The lowest BCUT2D eigenvalue weighted by Gasteiger charge is -2.58. The van der Waals surface area contributed by atoms with Crippen LogP contribution in [0, 0.1) is 28.6 Å². The Morgan fingerprint density at radius 2 is 1.71 bits per heavy atom. The summed E-state index contributed by atoms with van der Waals surface area (Å²) in [5.74, 6) is 1.53. The third kappa shape index (κ3) is 5.42. The molecule has 1 N–H and O–H groups in total. The number of esters is 1. The lowest BCUT2D eigenvalue weighted by Crippen LogP contribution is -2.55. The molecule has 0 saturated heterocycles. The largest absolute Gasteiger partial charge is 0.462 e. The van der Waals surface area contributed by atoms with E-state index in [0.29, 0.717) is 30.6 Å². The number of hydrogen-bond acceptors (Lipinski definition) is 5. The lowest BCUT2D eigenvalue weighted by atomic mass is 9.47. The Balaban J connectivity index is 1.32. The van der Waals surface area contributed by atoms with Gasteiger partial charge in [0.2, 0.25) is 0 Å². The maximum Gasteiger partial charge on any atom is 0.306 e. The number of ether oxygens (including phenoxy) is 1. The molecule has 0 unspecified atom stereocenters. The first kappa shape index (κ1) is 26.9. The second-order valence-electron chi connectivity index (χ2n) is 12.5. The Bertz CT molecular complexity index is 790. The van der Waals surface area contributed by atoms with E-state index < -0.39 is 6.10 Å². The molecule has 0 heterocycles. The highest BCUT2D eigenvalue weighted by molar-refractivity contribution is 5.91. The number of fused-ring (bicyclic) bond motifs is 5.